The van der Waals surface area contributed by atoms with Crippen LogP contribution in [-0.4, -0.2) is 30.4 Å². The van der Waals surface area contributed by atoms with Crippen LogP contribution in [0, 0.1) is 0 Å². The van der Waals surface area contributed by atoms with Gasteiger partial charge >= 0.3 is 0 Å². The Balaban J connectivity index is 2.26. The van der Waals surface area contributed by atoms with E-state index < -0.39 is 0 Å². The highest BCUT2D eigenvalue weighted by atomic mass is 16.2. The molecule has 5 nitrogen and oxygen atoms in total. The van der Waals surface area contributed by atoms with Gasteiger partial charge in [-0.2, -0.15) is 0 Å². The van der Waals surface area contributed by atoms with Crippen molar-refractivity contribution in [1.82, 2.24) is 10.6 Å². The molecule has 3 N–H and O–H groups in total. The van der Waals surface area contributed by atoms with Crippen LogP contribution < -0.4 is 16.0 Å². The van der Waals surface area contributed by atoms with Gasteiger partial charge in [0.15, 0.2) is 0 Å². The van der Waals surface area contributed by atoms with E-state index in [4.69, 9.17) is 0 Å². The molecule has 0 fully saturated rings. The van der Waals surface area contributed by atoms with Crippen LogP contribution in [0.3, 0.4) is 0 Å². The van der Waals surface area contributed by atoms with E-state index in [0.717, 1.165) is 5.69 Å². The van der Waals surface area contributed by atoms with E-state index in [9.17, 15) is 9.59 Å². The van der Waals surface area contributed by atoms with Gasteiger partial charge in [0.05, 0.1) is 6.54 Å². The van der Waals surface area contributed by atoms with Gasteiger partial charge in [-0.1, -0.05) is 18.2 Å². The molecule has 0 heterocycles. The summed E-state index contributed by atoms with van der Waals surface area (Å²) in [5.41, 5.74) is 0.780. The van der Waals surface area contributed by atoms with Crippen molar-refractivity contribution in [2.45, 2.75) is 39.3 Å². The molecule has 1 rings (SSSR count). The fourth-order valence-corrected chi connectivity index (χ4v) is 1.72. The number of carbonyl (C=O) groups excluding carboxylic acids is 2. The monoisotopic (exact) mass is 277 g/mol. The lowest BCUT2D eigenvalue weighted by Gasteiger charge is -2.14. The van der Waals surface area contributed by atoms with Gasteiger partial charge in [-0.3, -0.25) is 9.59 Å². The maximum atomic E-state index is 11.8. The predicted molar refractivity (Wildman–Crippen MR) is 80.4 cm³/mol. The summed E-state index contributed by atoms with van der Waals surface area (Å²) in [7, 11) is 0. The fourth-order valence-electron chi connectivity index (χ4n) is 1.72. The summed E-state index contributed by atoms with van der Waals surface area (Å²) in [5, 5.41) is 8.63. The molecule has 110 valence electrons. The van der Waals surface area contributed by atoms with E-state index in [1.54, 1.807) is 0 Å². The van der Waals surface area contributed by atoms with Crippen LogP contribution in [0.4, 0.5) is 5.69 Å². The molecule has 1 aromatic rings. The van der Waals surface area contributed by atoms with E-state index in [1.165, 1.54) is 0 Å². The average Bonchev–Trinajstić information content (AvgIpc) is 2.36. The molecule has 0 unspecified atom stereocenters. The topological polar surface area (TPSA) is 70.2 Å². The van der Waals surface area contributed by atoms with Crippen molar-refractivity contribution in [1.29, 1.82) is 0 Å². The van der Waals surface area contributed by atoms with Crippen LogP contribution in [0.1, 0.15) is 27.2 Å². The van der Waals surface area contributed by atoms with Gasteiger partial charge in [0.2, 0.25) is 11.8 Å². The Hall–Kier alpha value is -1.88. The minimum atomic E-state index is -0.0690. The first-order valence-corrected chi connectivity index (χ1v) is 6.85. The Morgan fingerprint density at radius 2 is 1.70 bits per heavy atom. The summed E-state index contributed by atoms with van der Waals surface area (Å²) in [6.45, 7) is 5.93. The first kappa shape index (κ1) is 16.2. The number of anilines is 1. The Bertz CT molecular complexity index is 432. The summed E-state index contributed by atoms with van der Waals surface area (Å²) in [5.74, 6) is -0.129. The van der Waals surface area contributed by atoms with Gasteiger partial charge in [0.1, 0.15) is 0 Å². The second-order valence-electron chi connectivity index (χ2n) is 5.12. The Labute approximate surface area is 120 Å². The summed E-state index contributed by atoms with van der Waals surface area (Å²) >= 11 is 0. The third-order valence-corrected chi connectivity index (χ3v) is 2.61. The highest BCUT2D eigenvalue weighted by Crippen LogP contribution is 2.06. The van der Waals surface area contributed by atoms with Gasteiger partial charge in [0.25, 0.3) is 0 Å². The highest BCUT2D eigenvalue weighted by molar-refractivity contribution is 5.91. The van der Waals surface area contributed by atoms with Crippen molar-refractivity contribution in [3.8, 4) is 0 Å². The molecule has 0 aliphatic rings. The molecule has 0 radical (unpaired) electrons. The zero-order valence-electron chi connectivity index (χ0n) is 12.3. The molecule has 0 aliphatic heterocycles. The number of nitrogens with one attached hydrogen (secondary N) is 3. The zero-order chi connectivity index (χ0) is 15.0. The van der Waals surface area contributed by atoms with Gasteiger partial charge in [0, 0.05) is 24.2 Å². The summed E-state index contributed by atoms with van der Waals surface area (Å²) in [6.07, 6.45) is 0.323. The largest absolute Gasteiger partial charge is 0.353 e. The van der Waals surface area contributed by atoms with Crippen molar-refractivity contribution in [3.63, 3.8) is 0 Å². The number of benzene rings is 1. The summed E-state index contributed by atoms with van der Waals surface area (Å²) in [6, 6.07) is 9.38. The standard InChI is InChI=1S/C15H23N3O2/c1-11(2)17-15(20)10-16-12(3)9-14(19)18-13-7-5-4-6-8-13/h4-8,11-12,16H,9-10H2,1-3H3,(H,17,20)(H,18,19)/t12-/m0/s1. The Kier molecular flexibility index (Phi) is 6.73. The van der Waals surface area contributed by atoms with E-state index in [2.05, 4.69) is 16.0 Å². The minimum absolute atomic E-state index is 0.0587. The molecule has 5 heteroatoms. The molecule has 0 saturated carbocycles. The first-order chi connectivity index (χ1) is 9.47. The zero-order valence-corrected chi connectivity index (χ0v) is 12.3. The molecule has 1 atom stereocenters. The van der Waals surface area contributed by atoms with Crippen LogP contribution in [0.2, 0.25) is 0 Å². The highest BCUT2D eigenvalue weighted by Gasteiger charge is 2.10. The molecule has 0 bridgehead atoms. The number of carbonyl (C=O) groups is 2. The Morgan fingerprint density at radius 3 is 2.30 bits per heavy atom. The average molecular weight is 277 g/mol. The molecule has 0 aliphatic carbocycles. The first-order valence-electron chi connectivity index (χ1n) is 6.85. The second-order valence-corrected chi connectivity index (χ2v) is 5.12. The maximum Gasteiger partial charge on any atom is 0.234 e. The van der Waals surface area contributed by atoms with Crippen molar-refractivity contribution in [2.24, 2.45) is 0 Å². The van der Waals surface area contributed by atoms with Crippen LogP contribution in [0.15, 0.2) is 30.3 Å². The Morgan fingerprint density at radius 1 is 1.05 bits per heavy atom. The minimum Gasteiger partial charge on any atom is -0.353 e. The molecule has 1 aromatic carbocycles. The number of para-hydroxylation sites is 1. The van der Waals surface area contributed by atoms with E-state index in [1.807, 2.05) is 51.1 Å². The van der Waals surface area contributed by atoms with Crippen molar-refractivity contribution in [2.75, 3.05) is 11.9 Å². The normalized spacial score (nSPS) is 12.0. The van der Waals surface area contributed by atoms with Crippen LogP contribution in [0.25, 0.3) is 0 Å². The lowest BCUT2D eigenvalue weighted by atomic mass is 10.2. The molecule has 20 heavy (non-hydrogen) atoms. The molecule has 0 aromatic heterocycles. The second kappa shape index (κ2) is 8.32. The predicted octanol–water partition coefficient (Wildman–Crippen LogP) is 1.52. The third-order valence-electron chi connectivity index (χ3n) is 2.61. The lowest BCUT2D eigenvalue weighted by Crippen LogP contribution is -2.41. The van der Waals surface area contributed by atoms with Crippen LogP contribution in [-0.2, 0) is 9.59 Å². The quantitative estimate of drug-likeness (QED) is 0.707. The molecule has 2 amide bonds. The van der Waals surface area contributed by atoms with E-state index in [0.29, 0.717) is 6.42 Å². The summed E-state index contributed by atoms with van der Waals surface area (Å²) < 4.78 is 0. The van der Waals surface area contributed by atoms with Gasteiger partial charge < -0.3 is 16.0 Å². The van der Waals surface area contributed by atoms with Gasteiger partial charge in [-0.15, -0.1) is 0 Å². The number of amides is 2. The molecule has 0 spiro atoms. The molecule has 0 saturated heterocycles. The number of rotatable bonds is 7. The van der Waals surface area contributed by atoms with Crippen LogP contribution in [0.5, 0.6) is 0 Å². The molecular weight excluding hydrogens is 254 g/mol. The third kappa shape index (κ3) is 6.89. The van der Waals surface area contributed by atoms with E-state index >= 15 is 0 Å². The maximum absolute atomic E-state index is 11.8. The lowest BCUT2D eigenvalue weighted by molar-refractivity contribution is -0.121. The molecular formula is C15H23N3O2. The van der Waals surface area contributed by atoms with Crippen LogP contribution >= 0.6 is 0 Å². The number of hydrogen-bond acceptors (Lipinski definition) is 3. The van der Waals surface area contributed by atoms with E-state index in [-0.39, 0.29) is 30.4 Å². The van der Waals surface area contributed by atoms with Crippen molar-refractivity contribution >= 4 is 17.5 Å². The number of hydrogen-bond donors (Lipinski definition) is 3. The summed E-state index contributed by atoms with van der Waals surface area (Å²) in [4.78, 5) is 23.3. The van der Waals surface area contributed by atoms with Crippen molar-refractivity contribution < 1.29 is 9.59 Å². The van der Waals surface area contributed by atoms with Gasteiger partial charge in [-0.25, -0.2) is 0 Å². The fraction of sp³-hybridized carbons (Fsp3) is 0.467. The SMILES string of the molecule is CC(C)NC(=O)CN[C@@H](C)CC(=O)Nc1ccccc1. The smallest absolute Gasteiger partial charge is 0.234 e. The van der Waals surface area contributed by atoms with Gasteiger partial charge in [-0.05, 0) is 32.9 Å². The van der Waals surface area contributed by atoms with Crippen molar-refractivity contribution in [3.05, 3.63) is 30.3 Å².